The van der Waals surface area contributed by atoms with Gasteiger partial charge < -0.3 is 18.9 Å². The lowest BCUT2D eigenvalue weighted by Crippen LogP contribution is -2.20. The van der Waals surface area contributed by atoms with E-state index in [1.807, 2.05) is 54.6 Å². The zero-order valence-corrected chi connectivity index (χ0v) is 19.9. The maximum Gasteiger partial charge on any atom is 0.244 e. The van der Waals surface area contributed by atoms with E-state index in [4.69, 9.17) is 18.9 Å². The van der Waals surface area contributed by atoms with Crippen LogP contribution in [0.5, 0.6) is 23.0 Å². The summed E-state index contributed by atoms with van der Waals surface area (Å²) in [6, 6.07) is 25.4. The number of fused-ring (bicyclic) bond motifs is 2. The Labute approximate surface area is 209 Å². The lowest BCUT2D eigenvalue weighted by molar-refractivity contribution is -0.120. The number of nitrogens with one attached hydrogen (secondary N) is 1. The molecule has 0 aromatic heterocycles. The molecular formula is C29H26N2O5. The fourth-order valence-electron chi connectivity index (χ4n) is 4.06. The molecule has 0 unspecified atom stereocenters. The first-order valence-corrected chi connectivity index (χ1v) is 11.7. The Morgan fingerprint density at radius 1 is 0.944 bits per heavy atom. The third-order valence-electron chi connectivity index (χ3n) is 5.82. The molecule has 1 N–H and O–H groups in total. The number of carbonyl (C=O) groups is 1. The molecule has 0 saturated heterocycles. The van der Waals surface area contributed by atoms with Crippen LogP contribution in [0.2, 0.25) is 0 Å². The van der Waals surface area contributed by atoms with Gasteiger partial charge in [0.15, 0.2) is 23.0 Å². The van der Waals surface area contributed by atoms with E-state index in [1.165, 1.54) is 5.39 Å². The highest BCUT2D eigenvalue weighted by molar-refractivity contribution is 5.86. The number of carbonyl (C=O) groups excluding carboxylic acids is 1. The van der Waals surface area contributed by atoms with Gasteiger partial charge in [-0.15, -0.1) is 0 Å². The van der Waals surface area contributed by atoms with Crippen LogP contribution in [-0.4, -0.2) is 32.4 Å². The maximum atomic E-state index is 12.3. The second-order valence-corrected chi connectivity index (χ2v) is 8.29. The SMILES string of the molecule is COc1cc(/C=N/NC(=O)Cc2ccc3c(c2)OCCO3)ccc1OCc1cccc2ccccc12. The van der Waals surface area contributed by atoms with Gasteiger partial charge >= 0.3 is 0 Å². The van der Waals surface area contributed by atoms with Crippen molar-refractivity contribution in [3.63, 3.8) is 0 Å². The van der Waals surface area contributed by atoms with Gasteiger partial charge in [0.05, 0.1) is 19.7 Å². The van der Waals surface area contributed by atoms with Gasteiger partial charge in [-0.3, -0.25) is 4.79 Å². The van der Waals surface area contributed by atoms with Gasteiger partial charge in [0.2, 0.25) is 5.91 Å². The molecule has 0 bridgehead atoms. The van der Waals surface area contributed by atoms with Crippen molar-refractivity contribution in [2.75, 3.05) is 20.3 Å². The van der Waals surface area contributed by atoms with Crippen molar-refractivity contribution in [3.05, 3.63) is 95.6 Å². The predicted molar refractivity (Wildman–Crippen MR) is 138 cm³/mol. The van der Waals surface area contributed by atoms with Gasteiger partial charge in [-0.25, -0.2) is 5.43 Å². The van der Waals surface area contributed by atoms with Gasteiger partial charge in [0, 0.05) is 0 Å². The second-order valence-electron chi connectivity index (χ2n) is 8.29. The van der Waals surface area contributed by atoms with Gasteiger partial charge in [-0.1, -0.05) is 48.5 Å². The van der Waals surface area contributed by atoms with E-state index in [0.717, 1.165) is 22.1 Å². The number of hydrazone groups is 1. The summed E-state index contributed by atoms with van der Waals surface area (Å²) in [5.74, 6) is 2.34. The van der Waals surface area contributed by atoms with Crippen molar-refractivity contribution in [2.24, 2.45) is 5.10 Å². The first-order chi connectivity index (χ1) is 17.7. The Kier molecular flexibility index (Phi) is 6.98. The number of methoxy groups -OCH3 is 1. The minimum atomic E-state index is -0.232. The van der Waals surface area contributed by atoms with Crippen molar-refractivity contribution in [1.82, 2.24) is 5.43 Å². The molecule has 0 aliphatic carbocycles. The standard InChI is InChI=1S/C29H26N2O5/c1-33-27-16-21(10-12-25(27)36-19-23-7-4-6-22-5-2-3-8-24(22)23)18-30-31-29(32)17-20-9-11-26-28(15-20)35-14-13-34-26/h2-12,15-16,18H,13-14,17,19H2,1H3,(H,31,32)/b30-18+. The average Bonchev–Trinajstić information content (AvgIpc) is 2.92. The number of amides is 1. The molecule has 1 aliphatic heterocycles. The minimum Gasteiger partial charge on any atom is -0.493 e. The second kappa shape index (κ2) is 10.8. The van der Waals surface area contributed by atoms with E-state index in [9.17, 15) is 4.79 Å². The van der Waals surface area contributed by atoms with Crippen molar-refractivity contribution in [1.29, 1.82) is 0 Å². The topological polar surface area (TPSA) is 78.4 Å². The van der Waals surface area contributed by atoms with Crippen LogP contribution in [0.3, 0.4) is 0 Å². The molecule has 7 nitrogen and oxygen atoms in total. The predicted octanol–water partition coefficient (Wildman–Crippen LogP) is 4.89. The van der Waals surface area contributed by atoms with E-state index in [2.05, 4.69) is 34.8 Å². The van der Waals surface area contributed by atoms with Crippen LogP contribution in [-0.2, 0) is 17.8 Å². The third kappa shape index (κ3) is 5.41. The molecule has 7 heteroatoms. The first-order valence-electron chi connectivity index (χ1n) is 11.7. The van der Waals surface area contributed by atoms with Crippen LogP contribution in [0.25, 0.3) is 10.8 Å². The summed E-state index contributed by atoms with van der Waals surface area (Å²) in [5.41, 5.74) is 5.25. The van der Waals surface area contributed by atoms with Crippen LogP contribution in [0.4, 0.5) is 0 Å². The van der Waals surface area contributed by atoms with Crippen molar-refractivity contribution in [3.8, 4) is 23.0 Å². The number of hydrogen-bond donors (Lipinski definition) is 1. The molecule has 0 spiro atoms. The van der Waals surface area contributed by atoms with Crippen LogP contribution in [0.15, 0.2) is 84.0 Å². The molecule has 36 heavy (non-hydrogen) atoms. The van der Waals surface area contributed by atoms with E-state index in [0.29, 0.717) is 42.8 Å². The Morgan fingerprint density at radius 2 is 1.78 bits per heavy atom. The molecule has 0 radical (unpaired) electrons. The summed E-state index contributed by atoms with van der Waals surface area (Å²) in [7, 11) is 1.59. The molecule has 4 aromatic carbocycles. The smallest absolute Gasteiger partial charge is 0.244 e. The summed E-state index contributed by atoms with van der Waals surface area (Å²) >= 11 is 0. The van der Waals surface area contributed by atoms with E-state index in [-0.39, 0.29) is 12.3 Å². The molecule has 1 aliphatic rings. The Balaban J connectivity index is 1.19. The summed E-state index contributed by atoms with van der Waals surface area (Å²) < 4.78 is 22.7. The number of hydrogen-bond acceptors (Lipinski definition) is 6. The molecule has 4 aromatic rings. The fraction of sp³-hybridized carbons (Fsp3) is 0.172. The van der Waals surface area contributed by atoms with Gasteiger partial charge in [-0.2, -0.15) is 5.10 Å². The molecule has 182 valence electrons. The Bertz CT molecular complexity index is 1410. The maximum absolute atomic E-state index is 12.3. The molecule has 0 atom stereocenters. The van der Waals surface area contributed by atoms with Crippen LogP contribution >= 0.6 is 0 Å². The van der Waals surface area contributed by atoms with Gasteiger partial charge in [-0.05, 0) is 57.8 Å². The summed E-state index contributed by atoms with van der Waals surface area (Å²) in [4.78, 5) is 12.3. The van der Waals surface area contributed by atoms with Gasteiger partial charge in [0.1, 0.15) is 19.8 Å². The quantitative estimate of drug-likeness (QED) is 0.286. The summed E-state index contributed by atoms with van der Waals surface area (Å²) in [6.45, 7) is 1.45. The van der Waals surface area contributed by atoms with Crippen LogP contribution < -0.4 is 24.4 Å². The number of nitrogens with zero attached hydrogens (tertiary/aromatic N) is 1. The molecule has 0 saturated carbocycles. The first kappa shape index (κ1) is 23.2. The van der Waals surface area contributed by atoms with Crippen molar-refractivity contribution in [2.45, 2.75) is 13.0 Å². The zero-order chi connectivity index (χ0) is 24.7. The number of benzene rings is 4. The normalized spacial score (nSPS) is 12.5. The Hall–Kier alpha value is -4.52. The summed E-state index contributed by atoms with van der Waals surface area (Å²) in [6.07, 6.45) is 1.75. The number of ether oxygens (including phenoxy) is 4. The van der Waals surface area contributed by atoms with E-state index >= 15 is 0 Å². The minimum absolute atomic E-state index is 0.179. The van der Waals surface area contributed by atoms with Crippen LogP contribution in [0.1, 0.15) is 16.7 Å². The van der Waals surface area contributed by atoms with Crippen LogP contribution in [0, 0.1) is 0 Å². The fourth-order valence-corrected chi connectivity index (χ4v) is 4.06. The van der Waals surface area contributed by atoms with Crippen molar-refractivity contribution >= 4 is 22.9 Å². The Morgan fingerprint density at radius 3 is 2.67 bits per heavy atom. The monoisotopic (exact) mass is 482 g/mol. The highest BCUT2D eigenvalue weighted by Gasteiger charge is 2.13. The van der Waals surface area contributed by atoms with Gasteiger partial charge in [0.25, 0.3) is 0 Å². The largest absolute Gasteiger partial charge is 0.493 e. The summed E-state index contributed by atoms with van der Waals surface area (Å²) in [5, 5.41) is 6.42. The average molecular weight is 483 g/mol. The van der Waals surface area contributed by atoms with Crippen molar-refractivity contribution < 1.29 is 23.7 Å². The zero-order valence-electron chi connectivity index (χ0n) is 19.9. The lowest BCUT2D eigenvalue weighted by atomic mass is 10.1. The van der Waals surface area contributed by atoms with E-state index < -0.39 is 0 Å². The molecular weight excluding hydrogens is 456 g/mol. The third-order valence-corrected chi connectivity index (χ3v) is 5.82. The molecule has 0 fully saturated rings. The number of rotatable bonds is 8. The highest BCUT2D eigenvalue weighted by Crippen LogP contribution is 2.31. The molecule has 5 rings (SSSR count). The van der Waals surface area contributed by atoms with E-state index in [1.54, 1.807) is 13.3 Å². The lowest BCUT2D eigenvalue weighted by Gasteiger charge is -2.18. The highest BCUT2D eigenvalue weighted by atomic mass is 16.6. The molecule has 1 heterocycles. The molecule has 1 amide bonds.